The number of ether oxygens (including phenoxy) is 1. The molecule has 29 heavy (non-hydrogen) atoms. The van der Waals surface area contributed by atoms with E-state index in [0.29, 0.717) is 0 Å². The fourth-order valence-electron chi connectivity index (χ4n) is 4.31. The molecule has 0 amide bonds. The number of methoxy groups -OCH3 is 1. The molecule has 0 unspecified atom stereocenters. The lowest BCUT2D eigenvalue weighted by molar-refractivity contribution is 0.419. The highest BCUT2D eigenvalue weighted by Gasteiger charge is 2.18. The molecule has 4 aromatic rings. The van der Waals surface area contributed by atoms with Crippen molar-refractivity contribution in [2.75, 3.05) is 13.7 Å². The topological polar surface area (TPSA) is 63.9 Å². The van der Waals surface area contributed by atoms with Crippen molar-refractivity contribution in [3.8, 4) is 17.0 Å². The number of aromatic amines is 1. The molecule has 4 rings (SSSR count). The molecule has 0 fully saturated rings. The Labute approximate surface area is 172 Å². The van der Waals surface area contributed by atoms with E-state index in [9.17, 15) is 0 Å². The van der Waals surface area contributed by atoms with Crippen molar-refractivity contribution in [3.05, 3.63) is 58.8 Å². The third-order valence-electron chi connectivity index (χ3n) is 5.69. The van der Waals surface area contributed by atoms with E-state index in [1.54, 1.807) is 7.11 Å². The lowest BCUT2D eigenvalue weighted by atomic mass is 9.96. The first kappa shape index (κ1) is 19.5. The summed E-state index contributed by atoms with van der Waals surface area (Å²) in [5, 5.41) is 2.43. The van der Waals surface area contributed by atoms with Crippen molar-refractivity contribution in [3.63, 3.8) is 0 Å². The van der Waals surface area contributed by atoms with E-state index in [1.807, 2.05) is 13.0 Å². The predicted molar refractivity (Wildman–Crippen MR) is 122 cm³/mol. The fourth-order valence-corrected chi connectivity index (χ4v) is 4.31. The van der Waals surface area contributed by atoms with Crippen LogP contribution in [0.4, 0.5) is 0 Å². The summed E-state index contributed by atoms with van der Waals surface area (Å²) in [5.41, 5.74) is 15.2. The molecule has 2 aromatic carbocycles. The molecule has 0 saturated carbocycles. The van der Waals surface area contributed by atoms with E-state index < -0.39 is 0 Å². The Kier molecular flexibility index (Phi) is 5.29. The van der Waals surface area contributed by atoms with E-state index in [4.69, 9.17) is 15.5 Å². The number of H-pyrrole nitrogens is 1. The summed E-state index contributed by atoms with van der Waals surface area (Å²) < 4.78 is 5.59. The zero-order valence-corrected chi connectivity index (χ0v) is 17.7. The second kappa shape index (κ2) is 7.88. The number of hydrogen-bond acceptors (Lipinski definition) is 3. The zero-order chi connectivity index (χ0) is 20.5. The number of aromatic nitrogens is 2. The summed E-state index contributed by atoms with van der Waals surface area (Å²) >= 11 is 0. The maximum absolute atomic E-state index is 5.77. The van der Waals surface area contributed by atoms with E-state index >= 15 is 0 Å². The van der Waals surface area contributed by atoms with Crippen LogP contribution >= 0.6 is 0 Å². The van der Waals surface area contributed by atoms with Crippen LogP contribution in [0.5, 0.6) is 5.75 Å². The first-order valence-electron chi connectivity index (χ1n) is 10.3. The minimum atomic E-state index is 0.727. The minimum absolute atomic E-state index is 0.727. The fraction of sp³-hybridized carbons (Fsp3) is 0.320. The van der Waals surface area contributed by atoms with Crippen LogP contribution < -0.4 is 10.5 Å². The van der Waals surface area contributed by atoms with Gasteiger partial charge in [-0.1, -0.05) is 17.7 Å². The zero-order valence-electron chi connectivity index (χ0n) is 17.7. The molecule has 0 atom stereocenters. The van der Waals surface area contributed by atoms with Gasteiger partial charge in [-0.25, -0.2) is 4.98 Å². The summed E-state index contributed by atoms with van der Waals surface area (Å²) in [7, 11) is 1.70. The first-order chi connectivity index (χ1) is 14.0. The second-order valence-electron chi connectivity index (χ2n) is 7.89. The molecule has 0 aliphatic heterocycles. The predicted octanol–water partition coefficient (Wildman–Crippen LogP) is 5.60. The Balaban J connectivity index is 2.00. The number of hydrogen-bond donors (Lipinski definition) is 2. The van der Waals surface area contributed by atoms with Crippen LogP contribution in [0.2, 0.25) is 0 Å². The van der Waals surface area contributed by atoms with Crippen molar-refractivity contribution in [1.29, 1.82) is 0 Å². The number of benzene rings is 2. The number of aryl methyl sites for hydroxylation is 4. The van der Waals surface area contributed by atoms with Gasteiger partial charge < -0.3 is 15.5 Å². The monoisotopic (exact) mass is 387 g/mol. The van der Waals surface area contributed by atoms with Gasteiger partial charge in [0, 0.05) is 27.5 Å². The van der Waals surface area contributed by atoms with Gasteiger partial charge >= 0.3 is 0 Å². The average molecular weight is 388 g/mol. The Morgan fingerprint density at radius 1 is 1.00 bits per heavy atom. The quantitative estimate of drug-likeness (QED) is 0.423. The van der Waals surface area contributed by atoms with Gasteiger partial charge in [-0.3, -0.25) is 0 Å². The highest BCUT2D eigenvalue weighted by atomic mass is 16.5. The van der Waals surface area contributed by atoms with Gasteiger partial charge in [-0.15, -0.1) is 0 Å². The van der Waals surface area contributed by atoms with Crippen molar-refractivity contribution >= 4 is 21.8 Å². The number of pyridine rings is 1. The number of nitrogens with two attached hydrogens (primary N) is 1. The third kappa shape index (κ3) is 3.49. The van der Waals surface area contributed by atoms with Gasteiger partial charge in [0.2, 0.25) is 0 Å². The number of rotatable bonds is 6. The van der Waals surface area contributed by atoms with Gasteiger partial charge in [0.15, 0.2) is 0 Å². The Morgan fingerprint density at radius 2 is 1.83 bits per heavy atom. The molecule has 4 heteroatoms. The van der Waals surface area contributed by atoms with Crippen LogP contribution in [0.15, 0.2) is 36.4 Å². The maximum Gasteiger partial charge on any atom is 0.145 e. The summed E-state index contributed by atoms with van der Waals surface area (Å²) in [6, 6.07) is 12.9. The molecule has 0 bridgehead atoms. The summed E-state index contributed by atoms with van der Waals surface area (Å²) in [4.78, 5) is 8.52. The highest BCUT2D eigenvalue weighted by molar-refractivity contribution is 6.02. The minimum Gasteiger partial charge on any atom is -0.494 e. The third-order valence-corrected chi connectivity index (χ3v) is 5.69. The largest absolute Gasteiger partial charge is 0.494 e. The molecular formula is C25H29N3O. The Bertz CT molecular complexity index is 1190. The number of nitrogens with zero attached hydrogens (tertiary/aromatic N) is 1. The van der Waals surface area contributed by atoms with E-state index in [0.717, 1.165) is 48.2 Å². The summed E-state index contributed by atoms with van der Waals surface area (Å²) in [6.07, 6.45) is 3.11. The van der Waals surface area contributed by atoms with Crippen molar-refractivity contribution in [1.82, 2.24) is 9.97 Å². The molecule has 2 heterocycles. The first-order valence-corrected chi connectivity index (χ1v) is 10.3. The summed E-state index contributed by atoms with van der Waals surface area (Å²) in [6.45, 7) is 7.08. The lowest BCUT2D eigenvalue weighted by Gasteiger charge is -2.12. The van der Waals surface area contributed by atoms with E-state index in [1.165, 1.54) is 38.9 Å². The van der Waals surface area contributed by atoms with E-state index in [-0.39, 0.29) is 0 Å². The molecular weight excluding hydrogens is 358 g/mol. The summed E-state index contributed by atoms with van der Waals surface area (Å²) in [5.74, 6) is 0.806. The number of fused-ring (bicyclic) bond motifs is 2. The molecule has 0 saturated heterocycles. The van der Waals surface area contributed by atoms with Crippen molar-refractivity contribution in [2.45, 2.75) is 40.0 Å². The highest BCUT2D eigenvalue weighted by Crippen LogP contribution is 2.39. The van der Waals surface area contributed by atoms with Gasteiger partial charge in [-0.05, 0) is 82.0 Å². The molecule has 2 aromatic heterocycles. The van der Waals surface area contributed by atoms with Crippen LogP contribution in [0, 0.1) is 20.8 Å². The molecule has 4 nitrogen and oxygen atoms in total. The Hall–Kier alpha value is -2.85. The molecule has 0 spiro atoms. The second-order valence-corrected chi connectivity index (χ2v) is 7.89. The van der Waals surface area contributed by atoms with Crippen molar-refractivity contribution in [2.24, 2.45) is 5.73 Å². The molecule has 0 aliphatic carbocycles. The Morgan fingerprint density at radius 3 is 2.59 bits per heavy atom. The van der Waals surface area contributed by atoms with Crippen LogP contribution in [-0.2, 0) is 6.42 Å². The molecule has 0 radical (unpaired) electrons. The molecule has 0 aliphatic rings. The van der Waals surface area contributed by atoms with Crippen LogP contribution in [-0.4, -0.2) is 23.6 Å². The molecule has 3 N–H and O–H groups in total. The van der Waals surface area contributed by atoms with Crippen molar-refractivity contribution < 1.29 is 4.74 Å². The van der Waals surface area contributed by atoms with Crippen LogP contribution in [0.25, 0.3) is 33.1 Å². The maximum atomic E-state index is 5.77. The van der Waals surface area contributed by atoms with E-state index in [2.05, 4.69) is 49.2 Å². The number of unbranched alkanes of at least 4 members (excludes halogenated alkanes) is 1. The normalized spacial score (nSPS) is 11.5. The lowest BCUT2D eigenvalue weighted by Crippen LogP contribution is -1.99. The van der Waals surface area contributed by atoms with Gasteiger partial charge in [0.05, 0.1) is 12.8 Å². The van der Waals surface area contributed by atoms with Gasteiger partial charge in [0.25, 0.3) is 0 Å². The number of nitrogens with one attached hydrogen (secondary N) is 1. The molecule has 150 valence electrons. The van der Waals surface area contributed by atoms with Gasteiger partial charge in [-0.2, -0.15) is 0 Å². The van der Waals surface area contributed by atoms with Crippen LogP contribution in [0.3, 0.4) is 0 Å². The SMILES string of the molecule is COc1ccc(-c2[nH]c3c(C)cc(C)cc3c2CCCCN)c2ccc(C)nc12. The average Bonchev–Trinajstić information content (AvgIpc) is 3.06. The standard InChI is InChI=1S/C25H29N3O/c1-15-13-16(2)23-21(14-15)18(7-5-6-12-26)24(28-23)19-10-11-22(29-4)25-20(19)9-8-17(3)27-25/h8-11,13-14,28H,5-7,12,26H2,1-4H3. The smallest absolute Gasteiger partial charge is 0.145 e. The van der Waals surface area contributed by atoms with Crippen LogP contribution in [0.1, 0.15) is 35.2 Å². The van der Waals surface area contributed by atoms with Gasteiger partial charge in [0.1, 0.15) is 11.3 Å².